The summed E-state index contributed by atoms with van der Waals surface area (Å²) in [5.41, 5.74) is -0.0179. The summed E-state index contributed by atoms with van der Waals surface area (Å²) in [6.45, 7) is 4.97. The van der Waals surface area contributed by atoms with Crippen molar-refractivity contribution in [3.63, 3.8) is 0 Å². The van der Waals surface area contributed by atoms with Crippen LogP contribution < -0.4 is 0 Å². The summed E-state index contributed by atoms with van der Waals surface area (Å²) >= 11 is 6.53. The summed E-state index contributed by atoms with van der Waals surface area (Å²) in [6, 6.07) is 1.37. The third-order valence-corrected chi connectivity index (χ3v) is 3.83. The lowest BCUT2D eigenvalue weighted by atomic mass is 9.96. The van der Waals surface area contributed by atoms with E-state index in [0.717, 1.165) is 5.56 Å². The normalized spacial score (nSPS) is 11.9. The largest absolute Gasteiger partial charge is 0.386 e. The van der Waals surface area contributed by atoms with Gasteiger partial charge in [-0.05, 0) is 48.3 Å². The summed E-state index contributed by atoms with van der Waals surface area (Å²) in [7, 11) is 0. The maximum absolute atomic E-state index is 13.6. The molecule has 1 N–H and O–H groups in total. The number of halogens is 3. The van der Waals surface area contributed by atoms with Crippen LogP contribution in [0, 0.1) is 12.7 Å². The molecule has 0 aliphatic carbocycles. The average Bonchev–Trinajstić information content (AvgIpc) is 1.97. The maximum atomic E-state index is 13.6. The van der Waals surface area contributed by atoms with Crippen LogP contribution in [-0.4, -0.2) is 5.11 Å². The molecule has 1 aromatic carbocycles. The van der Waals surface area contributed by atoms with Gasteiger partial charge in [0.05, 0.1) is 5.60 Å². The van der Waals surface area contributed by atoms with Gasteiger partial charge in [0, 0.05) is 14.5 Å². The maximum Gasteiger partial charge on any atom is 0.131 e. The molecular weight excluding hydrogens is 315 g/mol. The Morgan fingerprint density at radius 1 is 1.36 bits per heavy atom. The van der Waals surface area contributed by atoms with Gasteiger partial charge in [0.25, 0.3) is 0 Å². The Bertz CT molecular complexity index is 369. The first-order valence-corrected chi connectivity index (χ1v) is 5.70. The predicted molar refractivity (Wildman–Crippen MR) is 61.8 cm³/mol. The number of rotatable bonds is 1. The molecule has 0 unspecified atom stereocenters. The van der Waals surface area contributed by atoms with E-state index in [0.29, 0.717) is 14.5 Å². The van der Waals surface area contributed by atoms with Crippen molar-refractivity contribution in [1.82, 2.24) is 0 Å². The Labute approximate surface area is 99.6 Å². The molecule has 0 aliphatic rings. The Morgan fingerprint density at radius 2 is 1.86 bits per heavy atom. The van der Waals surface area contributed by atoms with E-state index >= 15 is 0 Å². The second-order valence-corrected chi connectivity index (χ2v) is 5.36. The van der Waals surface area contributed by atoms with E-state index in [1.165, 1.54) is 6.07 Å². The highest BCUT2D eigenvalue weighted by Crippen LogP contribution is 2.36. The van der Waals surface area contributed by atoms with Gasteiger partial charge in [0.15, 0.2) is 0 Å². The number of benzene rings is 1. The zero-order valence-corrected chi connectivity index (χ0v) is 11.3. The van der Waals surface area contributed by atoms with Gasteiger partial charge in [-0.25, -0.2) is 4.39 Å². The molecule has 0 radical (unpaired) electrons. The van der Waals surface area contributed by atoms with E-state index in [1.54, 1.807) is 13.8 Å². The first kappa shape index (κ1) is 12.1. The molecule has 1 nitrogen and oxygen atoms in total. The molecule has 78 valence electrons. The molecular formula is C10H11Br2FO. The van der Waals surface area contributed by atoms with Crippen LogP contribution in [0.25, 0.3) is 0 Å². The highest BCUT2D eigenvalue weighted by Gasteiger charge is 2.25. The summed E-state index contributed by atoms with van der Waals surface area (Å²) in [5.74, 6) is -0.415. The lowest BCUT2D eigenvalue weighted by molar-refractivity contribution is 0.0736. The molecule has 14 heavy (non-hydrogen) atoms. The molecule has 0 amide bonds. The van der Waals surface area contributed by atoms with Gasteiger partial charge in [-0.3, -0.25) is 0 Å². The fraction of sp³-hybridized carbons (Fsp3) is 0.400. The molecule has 0 fully saturated rings. The Balaban J connectivity index is 3.53. The molecule has 0 aromatic heterocycles. The van der Waals surface area contributed by atoms with E-state index < -0.39 is 11.4 Å². The Kier molecular flexibility index (Phi) is 3.39. The smallest absolute Gasteiger partial charge is 0.131 e. The third kappa shape index (κ3) is 2.18. The van der Waals surface area contributed by atoms with Crippen LogP contribution >= 0.6 is 31.9 Å². The molecule has 1 rings (SSSR count). The lowest BCUT2D eigenvalue weighted by Crippen LogP contribution is -2.19. The quantitative estimate of drug-likeness (QED) is 0.830. The first-order valence-electron chi connectivity index (χ1n) is 4.12. The number of hydrogen-bond acceptors (Lipinski definition) is 1. The first-order chi connectivity index (χ1) is 6.25. The van der Waals surface area contributed by atoms with Crippen molar-refractivity contribution in [2.45, 2.75) is 26.4 Å². The van der Waals surface area contributed by atoms with Crippen molar-refractivity contribution in [2.24, 2.45) is 0 Å². The van der Waals surface area contributed by atoms with Gasteiger partial charge in [0.1, 0.15) is 5.82 Å². The minimum Gasteiger partial charge on any atom is -0.386 e. The molecule has 0 heterocycles. The highest BCUT2D eigenvalue weighted by molar-refractivity contribution is 9.11. The van der Waals surface area contributed by atoms with E-state index in [1.807, 2.05) is 6.92 Å². The van der Waals surface area contributed by atoms with Crippen LogP contribution in [-0.2, 0) is 5.60 Å². The van der Waals surface area contributed by atoms with E-state index in [-0.39, 0.29) is 0 Å². The van der Waals surface area contributed by atoms with Crippen molar-refractivity contribution < 1.29 is 9.50 Å². The monoisotopic (exact) mass is 324 g/mol. The molecule has 0 aliphatic heterocycles. The number of hydrogen-bond donors (Lipinski definition) is 1. The lowest BCUT2D eigenvalue weighted by Gasteiger charge is -2.22. The van der Waals surface area contributed by atoms with Crippen molar-refractivity contribution in [2.75, 3.05) is 0 Å². The standard InChI is InChI=1S/C10H11Br2FO/c1-5-6(11)4-7(13)8(9(5)12)10(2,3)14/h4,14H,1-3H3. The van der Waals surface area contributed by atoms with Crippen LogP contribution in [0.2, 0.25) is 0 Å². The van der Waals surface area contributed by atoms with E-state index in [2.05, 4.69) is 31.9 Å². The van der Waals surface area contributed by atoms with Gasteiger partial charge < -0.3 is 5.11 Å². The third-order valence-electron chi connectivity index (χ3n) is 2.01. The van der Waals surface area contributed by atoms with Gasteiger partial charge in [-0.2, -0.15) is 0 Å². The summed E-state index contributed by atoms with van der Waals surface area (Å²) in [6.07, 6.45) is 0. The van der Waals surface area contributed by atoms with Gasteiger partial charge in [-0.15, -0.1) is 0 Å². The van der Waals surface area contributed by atoms with Crippen LogP contribution in [0.1, 0.15) is 25.0 Å². The summed E-state index contributed by atoms with van der Waals surface area (Å²) in [5, 5.41) is 9.78. The van der Waals surface area contributed by atoms with E-state index in [4.69, 9.17) is 0 Å². The molecule has 0 saturated heterocycles. The second-order valence-electron chi connectivity index (χ2n) is 3.71. The zero-order valence-electron chi connectivity index (χ0n) is 8.16. The van der Waals surface area contributed by atoms with Gasteiger partial charge >= 0.3 is 0 Å². The van der Waals surface area contributed by atoms with Crippen LogP contribution in [0.5, 0.6) is 0 Å². The van der Waals surface area contributed by atoms with Crippen LogP contribution in [0.3, 0.4) is 0 Å². The molecule has 0 spiro atoms. The molecule has 4 heteroatoms. The summed E-state index contributed by atoms with van der Waals surface area (Å²) in [4.78, 5) is 0. The van der Waals surface area contributed by atoms with Gasteiger partial charge in [0.2, 0.25) is 0 Å². The topological polar surface area (TPSA) is 20.2 Å². The molecule has 1 aromatic rings. The molecule has 0 atom stereocenters. The minimum atomic E-state index is -1.19. The summed E-state index contributed by atoms with van der Waals surface area (Å²) < 4.78 is 14.9. The zero-order chi connectivity index (χ0) is 11.1. The van der Waals surface area contributed by atoms with Crippen molar-refractivity contribution in [3.05, 3.63) is 32.0 Å². The minimum absolute atomic E-state index is 0.290. The van der Waals surface area contributed by atoms with E-state index in [9.17, 15) is 9.50 Å². The average molecular weight is 326 g/mol. The van der Waals surface area contributed by atoms with Crippen LogP contribution in [0.15, 0.2) is 15.0 Å². The van der Waals surface area contributed by atoms with Crippen LogP contribution in [0.4, 0.5) is 4.39 Å². The molecule has 0 bridgehead atoms. The fourth-order valence-electron chi connectivity index (χ4n) is 1.25. The Morgan fingerprint density at radius 3 is 2.29 bits per heavy atom. The van der Waals surface area contributed by atoms with Crippen molar-refractivity contribution in [1.29, 1.82) is 0 Å². The SMILES string of the molecule is Cc1c(Br)cc(F)c(C(C)(C)O)c1Br. The Hall–Kier alpha value is 0.0700. The van der Waals surface area contributed by atoms with Crippen molar-refractivity contribution >= 4 is 31.9 Å². The molecule has 0 saturated carbocycles. The fourth-order valence-corrected chi connectivity index (χ4v) is 2.80. The highest BCUT2D eigenvalue weighted by atomic mass is 79.9. The predicted octanol–water partition coefficient (Wildman–Crippen LogP) is 3.89. The second kappa shape index (κ2) is 3.91. The van der Waals surface area contributed by atoms with Gasteiger partial charge in [-0.1, -0.05) is 15.9 Å². The number of aliphatic hydroxyl groups is 1. The van der Waals surface area contributed by atoms with Crippen molar-refractivity contribution in [3.8, 4) is 0 Å².